The monoisotopic (exact) mass is 351 g/mol. The number of H-pyrrole nitrogens is 1. The number of aromatic nitrogens is 2. The molecule has 3 N–H and O–H groups in total. The standard InChI is InChI=1S/C19H17N3O2S/c23-17-15(16-14-9-5-4-6-12(14)10-11-20-16)18(24)22(19(25)21-17)13-7-2-1-3-8-13/h1-9,16,20,24H,10-11H2,(H,21,23,25). The van der Waals surface area contributed by atoms with E-state index in [0.29, 0.717) is 5.69 Å². The van der Waals surface area contributed by atoms with Crippen LogP contribution in [0.15, 0.2) is 59.4 Å². The molecule has 2 heterocycles. The van der Waals surface area contributed by atoms with E-state index in [-0.39, 0.29) is 27.8 Å². The molecule has 4 rings (SSSR count). The first-order valence-corrected chi connectivity index (χ1v) is 8.52. The number of nitrogens with one attached hydrogen (secondary N) is 2. The number of hydrogen-bond acceptors (Lipinski definition) is 4. The molecular formula is C19H17N3O2S. The number of aromatic hydroxyl groups is 1. The molecule has 3 aromatic rings. The van der Waals surface area contributed by atoms with Crippen LogP contribution in [0.3, 0.4) is 0 Å². The van der Waals surface area contributed by atoms with Crippen molar-refractivity contribution < 1.29 is 5.11 Å². The predicted molar refractivity (Wildman–Crippen MR) is 98.9 cm³/mol. The molecule has 25 heavy (non-hydrogen) atoms. The van der Waals surface area contributed by atoms with Gasteiger partial charge in [-0.1, -0.05) is 42.5 Å². The minimum atomic E-state index is -0.376. The van der Waals surface area contributed by atoms with Crippen LogP contribution in [0.25, 0.3) is 5.69 Å². The van der Waals surface area contributed by atoms with Gasteiger partial charge in [-0.25, -0.2) is 0 Å². The molecule has 0 radical (unpaired) electrons. The molecule has 1 aliphatic heterocycles. The zero-order valence-electron chi connectivity index (χ0n) is 13.4. The minimum Gasteiger partial charge on any atom is -0.494 e. The van der Waals surface area contributed by atoms with Gasteiger partial charge in [0.2, 0.25) is 5.88 Å². The van der Waals surface area contributed by atoms with Crippen LogP contribution in [0.5, 0.6) is 5.88 Å². The van der Waals surface area contributed by atoms with E-state index in [0.717, 1.165) is 18.5 Å². The second kappa shape index (κ2) is 6.31. The maximum absolute atomic E-state index is 12.6. The molecule has 0 bridgehead atoms. The van der Waals surface area contributed by atoms with Gasteiger partial charge in [0.05, 0.1) is 17.3 Å². The average molecular weight is 351 g/mol. The van der Waals surface area contributed by atoms with Crippen molar-refractivity contribution in [2.75, 3.05) is 6.54 Å². The van der Waals surface area contributed by atoms with Crippen molar-refractivity contribution in [2.45, 2.75) is 12.5 Å². The Hall–Kier alpha value is -2.70. The highest BCUT2D eigenvalue weighted by atomic mass is 32.1. The summed E-state index contributed by atoms with van der Waals surface area (Å²) in [6.45, 7) is 0.738. The zero-order chi connectivity index (χ0) is 17.4. The van der Waals surface area contributed by atoms with Gasteiger partial charge in [-0.05, 0) is 41.9 Å². The summed E-state index contributed by atoms with van der Waals surface area (Å²) in [5, 5.41) is 14.3. The second-order valence-corrected chi connectivity index (χ2v) is 6.39. The molecule has 1 aliphatic rings. The maximum Gasteiger partial charge on any atom is 0.260 e. The molecular weight excluding hydrogens is 334 g/mol. The van der Waals surface area contributed by atoms with Crippen molar-refractivity contribution in [2.24, 2.45) is 0 Å². The molecule has 5 nitrogen and oxygen atoms in total. The van der Waals surface area contributed by atoms with Crippen molar-refractivity contribution in [1.82, 2.24) is 14.9 Å². The van der Waals surface area contributed by atoms with Gasteiger partial charge in [0, 0.05) is 6.54 Å². The van der Waals surface area contributed by atoms with E-state index in [1.54, 1.807) is 0 Å². The molecule has 0 fully saturated rings. The van der Waals surface area contributed by atoms with Crippen molar-refractivity contribution in [3.8, 4) is 11.6 Å². The van der Waals surface area contributed by atoms with Crippen LogP contribution in [0.2, 0.25) is 0 Å². The number of para-hydroxylation sites is 1. The summed E-state index contributed by atoms with van der Waals surface area (Å²) in [5.41, 5.74) is 2.80. The molecule has 1 atom stereocenters. The van der Waals surface area contributed by atoms with Crippen LogP contribution in [-0.2, 0) is 6.42 Å². The van der Waals surface area contributed by atoms with E-state index in [1.165, 1.54) is 10.1 Å². The lowest BCUT2D eigenvalue weighted by Crippen LogP contribution is -2.35. The third-order valence-corrected chi connectivity index (χ3v) is 4.82. The Bertz CT molecular complexity index is 1040. The molecule has 0 amide bonds. The molecule has 1 unspecified atom stereocenters. The minimum absolute atomic E-state index is 0.130. The van der Waals surface area contributed by atoms with Crippen LogP contribution in [0.4, 0.5) is 0 Å². The zero-order valence-corrected chi connectivity index (χ0v) is 14.2. The van der Waals surface area contributed by atoms with Gasteiger partial charge in [-0.2, -0.15) is 0 Å². The van der Waals surface area contributed by atoms with E-state index in [9.17, 15) is 9.90 Å². The van der Waals surface area contributed by atoms with Gasteiger partial charge in [-0.3, -0.25) is 14.3 Å². The van der Waals surface area contributed by atoms with Gasteiger partial charge in [-0.15, -0.1) is 0 Å². The highest BCUT2D eigenvalue weighted by molar-refractivity contribution is 7.71. The van der Waals surface area contributed by atoms with E-state index in [1.807, 2.05) is 48.5 Å². The van der Waals surface area contributed by atoms with Crippen LogP contribution >= 0.6 is 12.2 Å². The SMILES string of the molecule is O=c1[nH]c(=S)n(-c2ccccc2)c(O)c1C1NCCc2ccccc21. The summed E-state index contributed by atoms with van der Waals surface area (Å²) >= 11 is 5.27. The molecule has 0 saturated heterocycles. The van der Waals surface area contributed by atoms with E-state index in [4.69, 9.17) is 12.2 Å². The topological polar surface area (TPSA) is 70.0 Å². The highest BCUT2D eigenvalue weighted by Gasteiger charge is 2.28. The van der Waals surface area contributed by atoms with E-state index in [2.05, 4.69) is 16.4 Å². The number of rotatable bonds is 2. The van der Waals surface area contributed by atoms with Gasteiger partial charge >= 0.3 is 0 Å². The third kappa shape index (κ3) is 2.69. The van der Waals surface area contributed by atoms with Crippen LogP contribution in [0.1, 0.15) is 22.7 Å². The second-order valence-electron chi connectivity index (χ2n) is 6.00. The van der Waals surface area contributed by atoms with Crippen molar-refractivity contribution in [3.05, 3.63) is 86.4 Å². The summed E-state index contributed by atoms with van der Waals surface area (Å²) in [4.78, 5) is 15.3. The summed E-state index contributed by atoms with van der Waals surface area (Å²) in [6, 6.07) is 16.9. The highest BCUT2D eigenvalue weighted by Crippen LogP contribution is 2.32. The number of benzene rings is 2. The smallest absolute Gasteiger partial charge is 0.260 e. The average Bonchev–Trinajstić information content (AvgIpc) is 2.62. The summed E-state index contributed by atoms with van der Waals surface area (Å²) in [7, 11) is 0. The first kappa shape index (κ1) is 15.8. The Morgan fingerprint density at radius 3 is 2.60 bits per heavy atom. The predicted octanol–water partition coefficient (Wildman–Crippen LogP) is 2.84. The van der Waals surface area contributed by atoms with Gasteiger partial charge in [0.1, 0.15) is 0 Å². The van der Waals surface area contributed by atoms with Crippen LogP contribution < -0.4 is 10.9 Å². The quantitative estimate of drug-likeness (QED) is 0.621. The molecule has 6 heteroatoms. The van der Waals surface area contributed by atoms with E-state index < -0.39 is 0 Å². The largest absolute Gasteiger partial charge is 0.494 e. The number of aromatic amines is 1. The maximum atomic E-state index is 12.6. The fourth-order valence-corrected chi connectivity index (χ4v) is 3.66. The molecule has 0 saturated carbocycles. The summed E-state index contributed by atoms with van der Waals surface area (Å²) in [6.07, 6.45) is 0.892. The Morgan fingerprint density at radius 2 is 1.80 bits per heavy atom. The summed E-state index contributed by atoms with van der Waals surface area (Å²) in [5.74, 6) is -0.130. The number of fused-ring (bicyclic) bond motifs is 1. The van der Waals surface area contributed by atoms with E-state index >= 15 is 0 Å². The number of nitrogens with zero attached hydrogens (tertiary/aromatic N) is 1. The Morgan fingerprint density at radius 1 is 1.08 bits per heavy atom. The van der Waals surface area contributed by atoms with Crippen LogP contribution in [0, 0.1) is 4.77 Å². The lowest BCUT2D eigenvalue weighted by atomic mass is 9.90. The lowest BCUT2D eigenvalue weighted by Gasteiger charge is -2.27. The Balaban J connectivity index is 1.96. The summed E-state index contributed by atoms with van der Waals surface area (Å²) < 4.78 is 1.66. The first-order valence-electron chi connectivity index (χ1n) is 8.11. The lowest BCUT2D eigenvalue weighted by molar-refractivity contribution is 0.413. The van der Waals surface area contributed by atoms with Gasteiger partial charge in [0.15, 0.2) is 4.77 Å². The number of hydrogen-bond donors (Lipinski definition) is 3. The first-order chi connectivity index (χ1) is 12.2. The molecule has 2 aromatic carbocycles. The molecule has 0 aliphatic carbocycles. The molecule has 1 aromatic heterocycles. The fourth-order valence-electron chi connectivity index (χ4n) is 3.38. The molecule has 0 spiro atoms. The Kier molecular flexibility index (Phi) is 3.99. The van der Waals surface area contributed by atoms with Crippen molar-refractivity contribution >= 4 is 12.2 Å². The third-order valence-electron chi connectivity index (χ3n) is 4.53. The molecule has 126 valence electrons. The van der Waals surface area contributed by atoms with Gasteiger partial charge in [0.25, 0.3) is 5.56 Å². The van der Waals surface area contributed by atoms with Gasteiger partial charge < -0.3 is 10.4 Å². The van der Waals surface area contributed by atoms with Crippen molar-refractivity contribution in [1.29, 1.82) is 0 Å². The van der Waals surface area contributed by atoms with Crippen LogP contribution in [-0.4, -0.2) is 21.2 Å². The normalized spacial score (nSPS) is 16.4. The van der Waals surface area contributed by atoms with Crippen molar-refractivity contribution in [3.63, 3.8) is 0 Å². The fraction of sp³-hybridized carbons (Fsp3) is 0.158. The Labute approximate surface area is 149 Å².